The standard InChI is InChI=1S/C29H39N3O4/c1-23(33)31-15-5-4-13-29(14-8-16-32(29)21-24-9-6-11-26(19-24)35-3)22-30(2)28(34)25-10-7-12-27(20-25)36-18-17-31/h6-7,9-12,19-20H,4-5,8,13-18,21-22H2,1-3H3/t29-/m1/s1. The maximum atomic E-state index is 13.5. The molecule has 0 aromatic heterocycles. The molecule has 2 aliphatic heterocycles. The lowest BCUT2D eigenvalue weighted by Crippen LogP contribution is -2.52. The van der Waals surface area contributed by atoms with Gasteiger partial charge in [0.1, 0.15) is 18.1 Å². The van der Waals surface area contributed by atoms with Crippen LogP contribution < -0.4 is 9.47 Å². The summed E-state index contributed by atoms with van der Waals surface area (Å²) in [6.07, 6.45) is 5.06. The van der Waals surface area contributed by atoms with Crippen LogP contribution in [0, 0.1) is 0 Å². The Bertz CT molecular complexity index is 1060. The van der Waals surface area contributed by atoms with E-state index in [1.807, 2.05) is 53.2 Å². The minimum Gasteiger partial charge on any atom is -0.497 e. The fourth-order valence-electron chi connectivity index (χ4n) is 5.68. The van der Waals surface area contributed by atoms with Gasteiger partial charge in [0, 0.05) is 44.7 Å². The van der Waals surface area contributed by atoms with Crippen molar-refractivity contribution in [1.29, 1.82) is 0 Å². The highest BCUT2D eigenvalue weighted by Gasteiger charge is 2.42. The lowest BCUT2D eigenvalue weighted by atomic mass is 9.88. The van der Waals surface area contributed by atoms with E-state index in [4.69, 9.17) is 9.47 Å². The number of carbonyl (C=O) groups is 2. The summed E-state index contributed by atoms with van der Waals surface area (Å²) in [7, 11) is 3.61. The molecule has 2 heterocycles. The van der Waals surface area contributed by atoms with Crippen molar-refractivity contribution in [3.05, 3.63) is 59.7 Å². The van der Waals surface area contributed by atoms with Crippen molar-refractivity contribution in [2.45, 2.75) is 51.1 Å². The molecule has 2 aliphatic rings. The van der Waals surface area contributed by atoms with Crippen LogP contribution in [0.15, 0.2) is 48.5 Å². The lowest BCUT2D eigenvalue weighted by molar-refractivity contribution is -0.129. The van der Waals surface area contributed by atoms with Gasteiger partial charge < -0.3 is 19.3 Å². The molecule has 1 fully saturated rings. The second-order valence-electron chi connectivity index (χ2n) is 10.1. The van der Waals surface area contributed by atoms with Crippen molar-refractivity contribution in [2.75, 3.05) is 46.9 Å². The van der Waals surface area contributed by atoms with E-state index in [-0.39, 0.29) is 17.4 Å². The van der Waals surface area contributed by atoms with Crippen molar-refractivity contribution >= 4 is 11.8 Å². The Kier molecular flexibility index (Phi) is 8.52. The Morgan fingerprint density at radius 1 is 1.03 bits per heavy atom. The first kappa shape index (κ1) is 26.0. The van der Waals surface area contributed by atoms with Gasteiger partial charge in [0.2, 0.25) is 5.91 Å². The van der Waals surface area contributed by atoms with Crippen molar-refractivity contribution in [3.63, 3.8) is 0 Å². The molecular formula is C29H39N3O4. The van der Waals surface area contributed by atoms with Crippen LogP contribution in [0.5, 0.6) is 11.5 Å². The molecule has 0 aliphatic carbocycles. The van der Waals surface area contributed by atoms with Crippen LogP contribution in [0.1, 0.15) is 54.9 Å². The Labute approximate surface area is 215 Å². The number of rotatable bonds is 3. The fraction of sp³-hybridized carbons (Fsp3) is 0.517. The van der Waals surface area contributed by atoms with Crippen molar-refractivity contribution in [2.24, 2.45) is 0 Å². The molecule has 0 radical (unpaired) electrons. The number of likely N-dealkylation sites (tertiary alicyclic amines) is 1. The number of amides is 2. The second kappa shape index (κ2) is 11.8. The molecule has 2 bridgehead atoms. The fourth-order valence-corrected chi connectivity index (χ4v) is 5.68. The number of hydrogen-bond donors (Lipinski definition) is 0. The topological polar surface area (TPSA) is 62.3 Å². The largest absolute Gasteiger partial charge is 0.497 e. The van der Waals surface area contributed by atoms with Crippen LogP contribution in [0.4, 0.5) is 0 Å². The zero-order valence-corrected chi connectivity index (χ0v) is 21.9. The summed E-state index contributed by atoms with van der Waals surface area (Å²) in [4.78, 5) is 32.0. The van der Waals surface area contributed by atoms with E-state index in [1.165, 1.54) is 5.56 Å². The van der Waals surface area contributed by atoms with E-state index in [2.05, 4.69) is 17.0 Å². The molecule has 7 heteroatoms. The number of ether oxygens (including phenoxy) is 2. The van der Waals surface area contributed by atoms with E-state index in [9.17, 15) is 9.59 Å². The van der Waals surface area contributed by atoms with E-state index >= 15 is 0 Å². The zero-order chi connectivity index (χ0) is 25.5. The van der Waals surface area contributed by atoms with Gasteiger partial charge in [0.05, 0.1) is 13.7 Å². The summed E-state index contributed by atoms with van der Waals surface area (Å²) in [5.74, 6) is 1.60. The second-order valence-corrected chi connectivity index (χ2v) is 10.1. The number of nitrogens with zero attached hydrogens (tertiary/aromatic N) is 3. The quantitative estimate of drug-likeness (QED) is 0.641. The highest BCUT2D eigenvalue weighted by molar-refractivity contribution is 5.94. The molecule has 4 rings (SSSR count). The van der Waals surface area contributed by atoms with Gasteiger partial charge in [-0.3, -0.25) is 14.5 Å². The number of carbonyl (C=O) groups excluding carboxylic acids is 2. The third-order valence-corrected chi connectivity index (χ3v) is 7.60. The van der Waals surface area contributed by atoms with Gasteiger partial charge in [-0.2, -0.15) is 0 Å². The van der Waals surface area contributed by atoms with Crippen LogP contribution in [0.2, 0.25) is 0 Å². The van der Waals surface area contributed by atoms with E-state index < -0.39 is 0 Å². The molecule has 2 amide bonds. The van der Waals surface area contributed by atoms with Gasteiger partial charge in [-0.05, 0) is 74.5 Å². The molecule has 1 atom stereocenters. The van der Waals surface area contributed by atoms with Gasteiger partial charge in [-0.15, -0.1) is 0 Å². The average Bonchev–Trinajstić information content (AvgIpc) is 3.26. The molecule has 1 spiro atoms. The van der Waals surface area contributed by atoms with Crippen molar-refractivity contribution in [3.8, 4) is 11.5 Å². The minimum absolute atomic E-state index is 0.00768. The predicted octanol–water partition coefficient (Wildman–Crippen LogP) is 4.21. The van der Waals surface area contributed by atoms with Crippen molar-refractivity contribution in [1.82, 2.24) is 14.7 Å². The number of hydrogen-bond acceptors (Lipinski definition) is 5. The predicted molar refractivity (Wildman–Crippen MR) is 140 cm³/mol. The third-order valence-electron chi connectivity index (χ3n) is 7.60. The number of methoxy groups -OCH3 is 1. The average molecular weight is 494 g/mol. The lowest BCUT2D eigenvalue weighted by Gasteiger charge is -2.42. The maximum Gasteiger partial charge on any atom is 0.253 e. The Balaban J connectivity index is 1.61. The first-order chi connectivity index (χ1) is 17.4. The van der Waals surface area contributed by atoms with Crippen LogP contribution in [0.3, 0.4) is 0 Å². The van der Waals surface area contributed by atoms with Gasteiger partial charge in [0.25, 0.3) is 5.91 Å². The normalized spacial score (nSPS) is 22.1. The highest BCUT2D eigenvalue weighted by Crippen LogP contribution is 2.37. The minimum atomic E-state index is -0.108. The molecule has 2 aromatic carbocycles. The number of benzene rings is 2. The third kappa shape index (κ3) is 6.19. The summed E-state index contributed by atoms with van der Waals surface area (Å²) < 4.78 is 11.3. The van der Waals surface area contributed by atoms with E-state index in [0.29, 0.717) is 31.0 Å². The summed E-state index contributed by atoms with van der Waals surface area (Å²) >= 11 is 0. The summed E-state index contributed by atoms with van der Waals surface area (Å²) in [5.41, 5.74) is 1.73. The van der Waals surface area contributed by atoms with Gasteiger partial charge in [0.15, 0.2) is 0 Å². The molecule has 7 nitrogen and oxygen atoms in total. The molecule has 0 saturated carbocycles. The van der Waals surface area contributed by atoms with Gasteiger partial charge in [-0.25, -0.2) is 0 Å². The molecule has 36 heavy (non-hydrogen) atoms. The highest BCUT2D eigenvalue weighted by atomic mass is 16.5. The smallest absolute Gasteiger partial charge is 0.253 e. The first-order valence-corrected chi connectivity index (χ1v) is 13.0. The molecule has 1 saturated heterocycles. The van der Waals surface area contributed by atoms with Crippen LogP contribution in [-0.2, 0) is 11.3 Å². The Morgan fingerprint density at radius 3 is 2.64 bits per heavy atom. The van der Waals surface area contributed by atoms with E-state index in [0.717, 1.165) is 57.5 Å². The molecular weight excluding hydrogens is 454 g/mol. The summed E-state index contributed by atoms with van der Waals surface area (Å²) in [6, 6.07) is 15.6. The monoisotopic (exact) mass is 493 g/mol. The van der Waals surface area contributed by atoms with Gasteiger partial charge in [-0.1, -0.05) is 18.2 Å². The maximum absolute atomic E-state index is 13.5. The zero-order valence-electron chi connectivity index (χ0n) is 21.9. The molecule has 0 N–H and O–H groups in total. The number of fused-ring (bicyclic) bond motifs is 2. The Hall–Kier alpha value is -3.06. The van der Waals surface area contributed by atoms with Crippen molar-refractivity contribution < 1.29 is 19.1 Å². The molecule has 2 aromatic rings. The molecule has 0 unspecified atom stereocenters. The summed E-state index contributed by atoms with van der Waals surface area (Å²) in [6.45, 7) is 5.78. The first-order valence-electron chi connectivity index (χ1n) is 13.0. The van der Waals surface area contributed by atoms with Crippen LogP contribution >= 0.6 is 0 Å². The van der Waals surface area contributed by atoms with Gasteiger partial charge >= 0.3 is 0 Å². The Morgan fingerprint density at radius 2 is 1.83 bits per heavy atom. The SMILES string of the molecule is COc1cccc(CN2CCC[C@@]23CCCCN(C(C)=O)CCOc2cccc(c2)C(=O)N(C)C3)c1. The molecule has 194 valence electrons. The van der Waals surface area contributed by atoms with E-state index in [1.54, 1.807) is 14.0 Å². The van der Waals surface area contributed by atoms with Crippen LogP contribution in [-0.4, -0.2) is 79.0 Å². The van der Waals surface area contributed by atoms with Crippen LogP contribution in [0.25, 0.3) is 0 Å². The summed E-state index contributed by atoms with van der Waals surface area (Å²) in [5, 5.41) is 0. The number of likely N-dealkylation sites (N-methyl/N-ethyl adjacent to an activating group) is 1.